The van der Waals surface area contributed by atoms with Crippen LogP contribution in [-0.4, -0.2) is 43.7 Å². The van der Waals surface area contributed by atoms with Crippen molar-refractivity contribution in [2.45, 2.75) is 65.5 Å². The van der Waals surface area contributed by atoms with Gasteiger partial charge in [0.2, 0.25) is 5.91 Å². The number of rotatable bonds is 4. The third kappa shape index (κ3) is 3.91. The Morgan fingerprint density at radius 1 is 1.13 bits per heavy atom. The van der Waals surface area contributed by atoms with E-state index in [9.17, 15) is 4.79 Å². The minimum absolute atomic E-state index is 0.0328. The molecule has 2 aliphatic rings. The largest absolute Gasteiger partial charge is 0.356 e. The molecule has 0 saturated carbocycles. The summed E-state index contributed by atoms with van der Waals surface area (Å²) in [5, 5.41) is 12.9. The van der Waals surface area contributed by atoms with Crippen molar-refractivity contribution >= 4 is 33.3 Å². The Bertz CT molecular complexity index is 1100. The summed E-state index contributed by atoms with van der Waals surface area (Å²) in [6.45, 7) is 7.37. The summed E-state index contributed by atoms with van der Waals surface area (Å²) in [5.41, 5.74) is 1.27. The lowest BCUT2D eigenvalue weighted by molar-refractivity contribution is -0.125. The summed E-state index contributed by atoms with van der Waals surface area (Å²) >= 11 is 1.72. The van der Waals surface area contributed by atoms with E-state index in [0.29, 0.717) is 6.54 Å². The molecule has 1 N–H and O–H groups in total. The highest BCUT2D eigenvalue weighted by molar-refractivity contribution is 7.18. The van der Waals surface area contributed by atoms with Gasteiger partial charge in [0.15, 0.2) is 5.82 Å². The summed E-state index contributed by atoms with van der Waals surface area (Å²) in [4.78, 5) is 26.5. The zero-order valence-electron chi connectivity index (χ0n) is 18.2. The lowest BCUT2D eigenvalue weighted by Crippen LogP contribution is -2.41. The molecule has 8 nitrogen and oxygen atoms in total. The van der Waals surface area contributed by atoms with Crippen LogP contribution in [0.5, 0.6) is 0 Å². The SMILES string of the molecule is Cc1sc2ncnc(N3CCC(C(=O)NCc4nnc5n4CCCCC5)CC3)c2c1C. The van der Waals surface area contributed by atoms with Gasteiger partial charge in [-0.15, -0.1) is 21.5 Å². The first-order valence-electron chi connectivity index (χ1n) is 11.3. The molecule has 5 rings (SSSR count). The molecule has 1 amide bonds. The minimum Gasteiger partial charge on any atom is -0.356 e. The monoisotopic (exact) mass is 439 g/mol. The number of piperidine rings is 1. The minimum atomic E-state index is 0.0328. The van der Waals surface area contributed by atoms with Crippen LogP contribution >= 0.6 is 11.3 Å². The van der Waals surface area contributed by atoms with Gasteiger partial charge in [-0.05, 0) is 45.1 Å². The van der Waals surface area contributed by atoms with E-state index in [1.54, 1.807) is 17.7 Å². The smallest absolute Gasteiger partial charge is 0.223 e. The summed E-state index contributed by atoms with van der Waals surface area (Å²) in [6.07, 6.45) is 7.87. The zero-order valence-corrected chi connectivity index (χ0v) is 19.0. The molecule has 0 bridgehead atoms. The van der Waals surface area contributed by atoms with Gasteiger partial charge in [-0.3, -0.25) is 4.79 Å². The van der Waals surface area contributed by atoms with Crippen molar-refractivity contribution in [3.05, 3.63) is 28.4 Å². The van der Waals surface area contributed by atoms with E-state index in [0.717, 1.165) is 67.6 Å². The van der Waals surface area contributed by atoms with Crippen molar-refractivity contribution < 1.29 is 4.79 Å². The standard InChI is InChI=1S/C22H29N7OS/c1-14-15(2)31-22-19(14)20(24-13-25-22)28-10-7-16(8-11-28)21(30)23-12-18-27-26-17-6-4-3-5-9-29(17)18/h13,16H,3-12H2,1-2H3,(H,23,30). The van der Waals surface area contributed by atoms with Gasteiger partial charge in [0.25, 0.3) is 0 Å². The van der Waals surface area contributed by atoms with E-state index in [-0.39, 0.29) is 11.8 Å². The number of carbonyl (C=O) groups excluding carboxylic acids is 1. The van der Waals surface area contributed by atoms with Gasteiger partial charge >= 0.3 is 0 Å². The summed E-state index contributed by atoms with van der Waals surface area (Å²) in [5.74, 6) is 3.11. The molecule has 5 heterocycles. The molecule has 0 aliphatic carbocycles. The summed E-state index contributed by atoms with van der Waals surface area (Å²) in [6, 6.07) is 0. The molecular weight excluding hydrogens is 410 g/mol. The van der Waals surface area contributed by atoms with Crippen molar-refractivity contribution in [3.8, 4) is 0 Å². The molecular formula is C22H29N7OS. The second-order valence-corrected chi connectivity index (χ2v) is 9.84. The molecule has 2 aliphatic heterocycles. The first-order chi connectivity index (χ1) is 15.1. The van der Waals surface area contributed by atoms with Gasteiger partial charge in [0.1, 0.15) is 22.8 Å². The lowest BCUT2D eigenvalue weighted by atomic mass is 9.95. The van der Waals surface area contributed by atoms with E-state index in [1.165, 1.54) is 28.7 Å². The molecule has 9 heteroatoms. The van der Waals surface area contributed by atoms with E-state index in [2.05, 4.69) is 48.8 Å². The average Bonchev–Trinajstić information content (AvgIpc) is 3.21. The van der Waals surface area contributed by atoms with Crippen LogP contribution in [0.3, 0.4) is 0 Å². The molecule has 0 radical (unpaired) electrons. The third-order valence-electron chi connectivity index (χ3n) is 6.72. The Morgan fingerprint density at radius 2 is 1.97 bits per heavy atom. The third-order valence-corrected chi connectivity index (χ3v) is 7.83. The number of hydrogen-bond acceptors (Lipinski definition) is 7. The number of fused-ring (bicyclic) bond motifs is 2. The van der Waals surface area contributed by atoms with Crippen LogP contribution in [0.25, 0.3) is 10.2 Å². The molecule has 3 aromatic rings. The molecule has 0 aromatic carbocycles. The van der Waals surface area contributed by atoms with Crippen LogP contribution in [-0.2, 0) is 24.3 Å². The topological polar surface area (TPSA) is 88.8 Å². The first-order valence-corrected chi connectivity index (χ1v) is 12.1. The van der Waals surface area contributed by atoms with Crippen molar-refractivity contribution in [2.75, 3.05) is 18.0 Å². The number of hydrogen-bond donors (Lipinski definition) is 1. The van der Waals surface area contributed by atoms with E-state index in [4.69, 9.17) is 0 Å². The molecule has 3 aromatic heterocycles. The first kappa shape index (κ1) is 20.4. The number of anilines is 1. The van der Waals surface area contributed by atoms with Gasteiger partial charge in [-0.1, -0.05) is 6.42 Å². The van der Waals surface area contributed by atoms with Gasteiger partial charge < -0.3 is 14.8 Å². The van der Waals surface area contributed by atoms with Crippen LogP contribution in [0.15, 0.2) is 6.33 Å². The highest BCUT2D eigenvalue weighted by Gasteiger charge is 2.27. The van der Waals surface area contributed by atoms with Crippen molar-refractivity contribution in [2.24, 2.45) is 5.92 Å². The van der Waals surface area contributed by atoms with Crippen LogP contribution < -0.4 is 10.2 Å². The summed E-state index contributed by atoms with van der Waals surface area (Å²) in [7, 11) is 0. The molecule has 0 spiro atoms. The quantitative estimate of drug-likeness (QED) is 0.672. The van der Waals surface area contributed by atoms with E-state index in [1.807, 2.05) is 0 Å². The fourth-order valence-electron chi connectivity index (χ4n) is 4.74. The number of nitrogens with one attached hydrogen (secondary N) is 1. The van der Waals surface area contributed by atoms with Crippen LogP contribution in [0.4, 0.5) is 5.82 Å². The lowest BCUT2D eigenvalue weighted by Gasteiger charge is -2.32. The van der Waals surface area contributed by atoms with Gasteiger partial charge in [-0.25, -0.2) is 9.97 Å². The van der Waals surface area contributed by atoms with Crippen molar-refractivity contribution in [1.82, 2.24) is 30.0 Å². The fraction of sp³-hybridized carbons (Fsp3) is 0.591. The second kappa shape index (κ2) is 8.53. The molecule has 1 fully saturated rings. The Balaban J connectivity index is 1.20. The van der Waals surface area contributed by atoms with Crippen LogP contribution in [0.1, 0.15) is 54.2 Å². The molecule has 0 atom stereocenters. The number of carbonyl (C=O) groups is 1. The predicted molar refractivity (Wildman–Crippen MR) is 121 cm³/mol. The Kier molecular flexibility index (Phi) is 5.60. The molecule has 31 heavy (non-hydrogen) atoms. The van der Waals surface area contributed by atoms with Crippen molar-refractivity contribution in [1.29, 1.82) is 0 Å². The van der Waals surface area contributed by atoms with Gasteiger partial charge in [0, 0.05) is 36.9 Å². The number of thiophene rings is 1. The maximum atomic E-state index is 12.8. The summed E-state index contributed by atoms with van der Waals surface area (Å²) < 4.78 is 2.20. The number of aromatic nitrogens is 5. The molecule has 164 valence electrons. The highest BCUT2D eigenvalue weighted by atomic mass is 32.1. The maximum absolute atomic E-state index is 12.8. The molecule has 1 saturated heterocycles. The van der Waals surface area contributed by atoms with Gasteiger partial charge in [0.05, 0.1) is 11.9 Å². The number of nitrogens with zero attached hydrogens (tertiary/aromatic N) is 6. The fourth-order valence-corrected chi connectivity index (χ4v) is 5.74. The average molecular weight is 440 g/mol. The normalized spacial score (nSPS) is 17.5. The van der Waals surface area contributed by atoms with Crippen molar-refractivity contribution in [3.63, 3.8) is 0 Å². The Hall–Kier alpha value is -2.55. The predicted octanol–water partition coefficient (Wildman–Crippen LogP) is 3.16. The number of amides is 1. The Morgan fingerprint density at radius 3 is 2.81 bits per heavy atom. The van der Waals surface area contributed by atoms with Crippen LogP contribution in [0.2, 0.25) is 0 Å². The second-order valence-electron chi connectivity index (χ2n) is 8.63. The zero-order chi connectivity index (χ0) is 21.4. The van der Waals surface area contributed by atoms with Gasteiger partial charge in [-0.2, -0.15) is 0 Å². The number of aryl methyl sites for hydroxylation is 3. The van der Waals surface area contributed by atoms with Crippen LogP contribution in [0, 0.1) is 19.8 Å². The van der Waals surface area contributed by atoms with E-state index < -0.39 is 0 Å². The maximum Gasteiger partial charge on any atom is 0.223 e. The van der Waals surface area contributed by atoms with E-state index >= 15 is 0 Å². The highest BCUT2D eigenvalue weighted by Crippen LogP contribution is 2.35. The Labute approximate surface area is 186 Å². The molecule has 0 unspecified atom stereocenters.